The Kier molecular flexibility index (Phi) is 12.4. The maximum absolute atomic E-state index is 7.74. The number of hydrogen-bond donors (Lipinski definition) is 0. The molecule has 0 amide bonds. The predicted octanol–water partition coefficient (Wildman–Crippen LogP) is -2.48. The molecular weight excluding hydrogens is 203 g/mol. The van der Waals surface area contributed by atoms with Crippen LogP contribution in [0.1, 0.15) is 0 Å². The molecule has 0 saturated carbocycles. The molecule has 0 aromatic heterocycles. The third-order valence-electron chi connectivity index (χ3n) is 0. The van der Waals surface area contributed by atoms with Crippen molar-refractivity contribution in [3.05, 3.63) is 5.41 Å². The molecule has 0 unspecified atom stereocenters. The summed E-state index contributed by atoms with van der Waals surface area (Å²) in [6, 6.07) is 0. The van der Waals surface area contributed by atoms with E-state index in [2.05, 4.69) is 7.85 Å². The second-order valence-corrected chi connectivity index (χ2v) is 1.43. The number of rotatable bonds is 0. The van der Waals surface area contributed by atoms with Gasteiger partial charge in [-0.25, -0.2) is 0 Å². The first-order valence-electron chi connectivity index (χ1n) is 0.701. The molecule has 0 N–H and O–H groups in total. The van der Waals surface area contributed by atoms with Crippen molar-refractivity contribution in [2.75, 3.05) is 0 Å². The van der Waals surface area contributed by atoms with Gasteiger partial charge in [-0.2, -0.15) is 0 Å². The minimum Gasteiger partial charge on any atom is -0.845 e. The fourth-order valence-electron chi connectivity index (χ4n) is 0. The summed E-state index contributed by atoms with van der Waals surface area (Å²) in [4.78, 5) is 0. The zero-order chi connectivity index (χ0) is 3.58. The molecule has 0 bridgehead atoms. The normalized spacial score (nSPS) is 5.20. The van der Waals surface area contributed by atoms with Gasteiger partial charge < -0.3 is 16.9 Å². The van der Waals surface area contributed by atoms with Crippen LogP contribution in [-0.4, -0.2) is 11.5 Å². The second-order valence-electron chi connectivity index (χ2n) is 0.323. The van der Waals surface area contributed by atoms with E-state index in [9.17, 15) is 0 Å². The van der Waals surface area contributed by atoms with Crippen LogP contribution < -0.4 is 51.4 Å². The Hall–Kier alpha value is 2.10. The monoisotopic (exact) mass is 203 g/mol. The molecule has 0 spiro atoms. The van der Waals surface area contributed by atoms with Crippen LogP contribution in [0.2, 0.25) is 0 Å². The third-order valence-corrected chi connectivity index (χ3v) is 0. The van der Waals surface area contributed by atoms with Gasteiger partial charge in [0.2, 0.25) is 0 Å². The van der Waals surface area contributed by atoms with Crippen LogP contribution in [-0.2, 0) is 0 Å². The summed E-state index contributed by atoms with van der Waals surface area (Å²) in [6.45, 7) is 0. The Balaban J connectivity index is 0. The van der Waals surface area contributed by atoms with Crippen molar-refractivity contribution in [2.45, 2.75) is 0 Å². The maximum atomic E-state index is 7.74. The Morgan fingerprint density at radius 2 is 1.80 bits per heavy atom. The molecule has 0 fully saturated rings. The van der Waals surface area contributed by atoms with Crippen LogP contribution in [0.25, 0.3) is 5.41 Å². The van der Waals surface area contributed by atoms with E-state index in [4.69, 9.17) is 5.41 Å². The largest absolute Gasteiger partial charge is 1.00 e. The van der Waals surface area contributed by atoms with Crippen molar-refractivity contribution in [3.63, 3.8) is 0 Å². The van der Waals surface area contributed by atoms with Crippen molar-refractivity contribution in [1.82, 2.24) is 0 Å². The maximum Gasteiger partial charge on any atom is 1.00 e. The van der Waals surface area contributed by atoms with Crippen LogP contribution in [0.5, 0.6) is 0 Å². The molecule has 3 radical (unpaired) electrons. The van der Waals surface area contributed by atoms with E-state index in [0.29, 0.717) is 0 Å². The Bertz CT molecular complexity index is 34.6. The fraction of sp³-hybridized carbons (Fsp3) is 0. The van der Waals surface area contributed by atoms with E-state index in [1.807, 2.05) is 0 Å². The molecular formula is CBIKN-. The van der Waals surface area contributed by atoms with E-state index in [1.165, 1.54) is 0 Å². The van der Waals surface area contributed by atoms with E-state index in [0.717, 1.165) is 0 Å². The number of hydrogen-bond acceptors (Lipinski definition) is 0. The molecule has 21 valence electrons. The smallest absolute Gasteiger partial charge is 0.845 e. The Labute approximate surface area is 88.8 Å². The van der Waals surface area contributed by atoms with Crippen LogP contribution in [0.4, 0.5) is 0 Å². The first kappa shape index (κ1) is 10.2. The quantitative estimate of drug-likeness (QED) is 0.236. The summed E-state index contributed by atoms with van der Waals surface area (Å²) in [6.07, 6.45) is 0. The zero-order valence-corrected chi connectivity index (χ0v) is 8.18. The first-order chi connectivity index (χ1) is 1.73. The Morgan fingerprint density at radius 1 is 1.80 bits per heavy atom. The van der Waals surface area contributed by atoms with Crippen LogP contribution >= 0.6 is 22.6 Å². The van der Waals surface area contributed by atoms with Gasteiger partial charge in [0.25, 0.3) is 0 Å². The van der Waals surface area contributed by atoms with Gasteiger partial charge in [-0.05, 0) is 0 Å². The predicted molar refractivity (Wildman–Crippen MR) is 28.1 cm³/mol. The summed E-state index contributed by atoms with van der Waals surface area (Å²) in [5, 5.41) is 7.74. The molecule has 0 atom stereocenters. The summed E-state index contributed by atoms with van der Waals surface area (Å²) in [5.74, 6) is 0. The third kappa shape index (κ3) is 23.2. The van der Waals surface area contributed by atoms with Crippen molar-refractivity contribution in [2.24, 2.45) is 0 Å². The molecule has 0 aromatic rings. The molecule has 5 heavy (non-hydrogen) atoms. The molecule has 0 aliphatic carbocycles. The first-order valence-corrected chi connectivity index (χ1v) is 1.78. The molecule has 1 nitrogen and oxygen atoms in total. The molecule has 0 heterocycles. The molecule has 0 aliphatic heterocycles. The van der Waals surface area contributed by atoms with E-state index < -0.39 is 0 Å². The van der Waals surface area contributed by atoms with Gasteiger partial charge >= 0.3 is 51.4 Å². The average molecular weight is 203 g/mol. The van der Waals surface area contributed by atoms with Gasteiger partial charge in [-0.15, -0.1) is 22.6 Å². The fourth-order valence-corrected chi connectivity index (χ4v) is 0. The molecule has 0 rings (SSSR count). The van der Waals surface area contributed by atoms with Gasteiger partial charge in [0.05, 0.1) is 0 Å². The number of nitrogens with zero attached hydrogens (tertiary/aromatic N) is 1. The molecule has 4 heteroatoms. The van der Waals surface area contributed by atoms with Crippen molar-refractivity contribution in [1.29, 1.82) is 0 Å². The van der Waals surface area contributed by atoms with Crippen LogP contribution in [0, 0.1) is 0 Å². The summed E-state index contributed by atoms with van der Waals surface area (Å²) < 4.78 is -0.113. The van der Waals surface area contributed by atoms with E-state index >= 15 is 0 Å². The minimum atomic E-state index is -0.113. The summed E-state index contributed by atoms with van der Waals surface area (Å²) in [5.41, 5.74) is 0. The molecule has 0 saturated heterocycles. The van der Waals surface area contributed by atoms with Gasteiger partial charge in [0.1, 0.15) is 0 Å². The Morgan fingerprint density at radius 3 is 1.80 bits per heavy atom. The SMILES string of the molecule is [B-]C(=[N-])I.[K+]. The average Bonchev–Trinajstić information content (AvgIpc) is 0.811. The van der Waals surface area contributed by atoms with Crippen molar-refractivity contribution in [3.8, 4) is 0 Å². The standard InChI is InChI=1S/CBIN.K/c2-1(3)4;/q-2;+1. The van der Waals surface area contributed by atoms with Gasteiger partial charge in [-0.3, -0.25) is 0 Å². The summed E-state index contributed by atoms with van der Waals surface area (Å²) >= 11 is 1.59. The van der Waals surface area contributed by atoms with Crippen molar-refractivity contribution >= 4 is 34.1 Å². The van der Waals surface area contributed by atoms with Crippen molar-refractivity contribution < 1.29 is 51.4 Å². The number of halogens is 1. The van der Waals surface area contributed by atoms with Gasteiger partial charge in [0, 0.05) is 0 Å². The van der Waals surface area contributed by atoms with E-state index in [-0.39, 0.29) is 55.0 Å². The van der Waals surface area contributed by atoms with Gasteiger partial charge in [0.15, 0.2) is 0 Å². The molecule has 0 aliphatic rings. The van der Waals surface area contributed by atoms with Crippen LogP contribution in [0.3, 0.4) is 0 Å². The topological polar surface area (TPSA) is 22.3 Å². The van der Waals surface area contributed by atoms with Crippen LogP contribution in [0.15, 0.2) is 0 Å². The van der Waals surface area contributed by atoms with Gasteiger partial charge in [-0.1, -0.05) is 0 Å². The molecule has 0 aromatic carbocycles. The van der Waals surface area contributed by atoms with E-state index in [1.54, 1.807) is 22.6 Å². The minimum absolute atomic E-state index is 0. The zero-order valence-electron chi connectivity index (χ0n) is 2.90. The second kappa shape index (κ2) is 6.10. The summed E-state index contributed by atoms with van der Waals surface area (Å²) in [7, 11) is 4.57.